The maximum Gasteiger partial charge on any atom is 0.272 e. The monoisotopic (exact) mass is 315 g/mol. The number of ether oxygens (including phenoxy) is 1. The fourth-order valence-corrected chi connectivity index (χ4v) is 3.44. The van der Waals surface area contributed by atoms with Crippen LogP contribution >= 0.6 is 11.3 Å². The van der Waals surface area contributed by atoms with Gasteiger partial charge < -0.3 is 9.64 Å². The summed E-state index contributed by atoms with van der Waals surface area (Å²) in [5.74, 6) is 1.25. The summed E-state index contributed by atoms with van der Waals surface area (Å²) in [4.78, 5) is 24.4. The van der Waals surface area contributed by atoms with Gasteiger partial charge in [-0.3, -0.25) is 4.79 Å². The minimum atomic E-state index is -0.0255. The summed E-state index contributed by atoms with van der Waals surface area (Å²) in [6.07, 6.45) is 3.94. The lowest BCUT2D eigenvalue weighted by Crippen LogP contribution is -2.42. The van der Waals surface area contributed by atoms with Crippen LogP contribution in [0.1, 0.15) is 46.1 Å². The molecule has 2 aromatic heterocycles. The minimum absolute atomic E-state index is 0.0193. The van der Waals surface area contributed by atoms with Crippen molar-refractivity contribution in [2.45, 2.75) is 24.9 Å². The van der Waals surface area contributed by atoms with Gasteiger partial charge >= 0.3 is 0 Å². The van der Waals surface area contributed by atoms with Crippen LogP contribution in [-0.2, 0) is 4.74 Å². The molecule has 4 rings (SSSR count). The first-order chi connectivity index (χ1) is 10.8. The molecular formula is C16H17N3O2S. The number of thiophene rings is 1. The van der Waals surface area contributed by atoms with Gasteiger partial charge in [0.1, 0.15) is 17.6 Å². The van der Waals surface area contributed by atoms with Crippen LogP contribution in [0.5, 0.6) is 0 Å². The molecule has 1 atom stereocenters. The highest BCUT2D eigenvalue weighted by Crippen LogP contribution is 2.37. The Hall–Kier alpha value is -1.79. The van der Waals surface area contributed by atoms with Crippen molar-refractivity contribution in [3.8, 4) is 0 Å². The summed E-state index contributed by atoms with van der Waals surface area (Å²) < 4.78 is 5.79. The molecule has 2 aromatic rings. The molecule has 0 spiro atoms. The Labute approximate surface area is 133 Å². The molecule has 1 amide bonds. The molecule has 1 aliphatic carbocycles. The summed E-state index contributed by atoms with van der Waals surface area (Å²) in [6.45, 7) is 1.76. The second-order valence-electron chi connectivity index (χ2n) is 5.70. The van der Waals surface area contributed by atoms with Crippen LogP contribution in [0.3, 0.4) is 0 Å². The van der Waals surface area contributed by atoms with Gasteiger partial charge in [0.05, 0.1) is 13.2 Å². The van der Waals surface area contributed by atoms with E-state index < -0.39 is 0 Å². The summed E-state index contributed by atoms with van der Waals surface area (Å²) in [7, 11) is 0. The molecule has 3 heterocycles. The topological polar surface area (TPSA) is 55.3 Å². The fourth-order valence-electron chi connectivity index (χ4n) is 2.67. The Kier molecular flexibility index (Phi) is 3.63. The number of carbonyl (C=O) groups excluding carboxylic acids is 1. The first kappa shape index (κ1) is 13.8. The Morgan fingerprint density at radius 1 is 1.36 bits per heavy atom. The van der Waals surface area contributed by atoms with E-state index in [1.807, 2.05) is 16.3 Å². The molecule has 2 fully saturated rings. The third-order valence-corrected chi connectivity index (χ3v) is 5.01. The fraction of sp³-hybridized carbons (Fsp3) is 0.438. The second-order valence-corrected chi connectivity index (χ2v) is 6.68. The van der Waals surface area contributed by atoms with Crippen LogP contribution in [0.4, 0.5) is 0 Å². The molecule has 1 saturated heterocycles. The zero-order valence-corrected chi connectivity index (χ0v) is 13.0. The number of amides is 1. The minimum Gasteiger partial charge on any atom is -0.369 e. The van der Waals surface area contributed by atoms with Gasteiger partial charge in [0.2, 0.25) is 0 Å². The Morgan fingerprint density at radius 3 is 3.05 bits per heavy atom. The largest absolute Gasteiger partial charge is 0.369 e. The molecule has 2 aliphatic rings. The molecular weight excluding hydrogens is 298 g/mol. The number of nitrogens with zero attached hydrogens (tertiary/aromatic N) is 3. The third kappa shape index (κ3) is 2.76. The van der Waals surface area contributed by atoms with E-state index >= 15 is 0 Å². The molecule has 0 N–H and O–H groups in total. The molecule has 5 nitrogen and oxygen atoms in total. The lowest BCUT2D eigenvalue weighted by Gasteiger charge is -2.32. The first-order valence-corrected chi connectivity index (χ1v) is 8.46. The predicted octanol–water partition coefficient (Wildman–Crippen LogP) is 2.63. The Morgan fingerprint density at radius 2 is 2.27 bits per heavy atom. The summed E-state index contributed by atoms with van der Waals surface area (Å²) in [5.41, 5.74) is 0.503. The number of hydrogen-bond donors (Lipinski definition) is 0. The Bertz CT molecular complexity index is 670. The third-order valence-electron chi connectivity index (χ3n) is 4.05. The van der Waals surface area contributed by atoms with Crippen LogP contribution in [-0.4, -0.2) is 40.5 Å². The van der Waals surface area contributed by atoms with Gasteiger partial charge in [-0.15, -0.1) is 11.3 Å². The highest BCUT2D eigenvalue weighted by atomic mass is 32.1. The molecule has 1 saturated carbocycles. The lowest BCUT2D eigenvalue weighted by molar-refractivity contribution is -0.0213. The van der Waals surface area contributed by atoms with Gasteiger partial charge in [-0.25, -0.2) is 9.97 Å². The van der Waals surface area contributed by atoms with Crippen molar-refractivity contribution in [3.05, 3.63) is 46.2 Å². The molecule has 114 valence electrons. The summed E-state index contributed by atoms with van der Waals surface area (Å²) in [5, 5.41) is 2.03. The summed E-state index contributed by atoms with van der Waals surface area (Å²) in [6, 6.07) is 5.78. The molecule has 0 radical (unpaired) electrons. The highest BCUT2D eigenvalue weighted by molar-refractivity contribution is 7.10. The van der Waals surface area contributed by atoms with Crippen LogP contribution < -0.4 is 0 Å². The SMILES string of the molecule is O=C(c1ccnc(C2CC2)n1)N1CCOC(c2cccs2)C1. The summed E-state index contributed by atoms with van der Waals surface area (Å²) >= 11 is 1.67. The van der Waals surface area contributed by atoms with E-state index in [4.69, 9.17) is 4.74 Å². The van der Waals surface area contributed by atoms with Crippen LogP contribution in [0.25, 0.3) is 0 Å². The zero-order valence-electron chi connectivity index (χ0n) is 12.1. The first-order valence-electron chi connectivity index (χ1n) is 7.58. The number of rotatable bonds is 3. The zero-order chi connectivity index (χ0) is 14.9. The molecule has 0 bridgehead atoms. The van der Waals surface area contributed by atoms with Crippen LogP contribution in [0.2, 0.25) is 0 Å². The number of hydrogen-bond acceptors (Lipinski definition) is 5. The number of carbonyl (C=O) groups is 1. The normalized spacial score (nSPS) is 21.8. The molecule has 22 heavy (non-hydrogen) atoms. The van der Waals surface area contributed by atoms with Crippen molar-refractivity contribution in [3.63, 3.8) is 0 Å². The van der Waals surface area contributed by atoms with E-state index in [2.05, 4.69) is 16.0 Å². The van der Waals surface area contributed by atoms with Gasteiger partial charge in [-0.2, -0.15) is 0 Å². The maximum absolute atomic E-state index is 12.7. The standard InChI is InChI=1S/C16H17N3O2S/c20-16(12-5-6-17-15(18-12)11-3-4-11)19-7-8-21-13(10-19)14-2-1-9-22-14/h1-2,5-6,9,11,13H,3-4,7-8,10H2. The average molecular weight is 315 g/mol. The second kappa shape index (κ2) is 5.78. The Balaban J connectivity index is 1.51. The quantitative estimate of drug-likeness (QED) is 0.874. The van der Waals surface area contributed by atoms with Crippen molar-refractivity contribution in [1.82, 2.24) is 14.9 Å². The molecule has 1 aliphatic heterocycles. The van der Waals surface area contributed by atoms with Crippen molar-refractivity contribution >= 4 is 17.2 Å². The van der Waals surface area contributed by atoms with Crippen LogP contribution in [0, 0.1) is 0 Å². The van der Waals surface area contributed by atoms with E-state index in [0.717, 1.165) is 18.7 Å². The average Bonchev–Trinajstić information content (AvgIpc) is 3.29. The van der Waals surface area contributed by atoms with E-state index in [1.165, 1.54) is 4.88 Å². The van der Waals surface area contributed by atoms with Crippen molar-refractivity contribution in [2.24, 2.45) is 0 Å². The van der Waals surface area contributed by atoms with Gasteiger partial charge in [-0.05, 0) is 30.4 Å². The van der Waals surface area contributed by atoms with Gasteiger partial charge in [0.15, 0.2) is 0 Å². The smallest absolute Gasteiger partial charge is 0.272 e. The van der Waals surface area contributed by atoms with Crippen molar-refractivity contribution in [1.29, 1.82) is 0 Å². The van der Waals surface area contributed by atoms with Crippen LogP contribution in [0.15, 0.2) is 29.8 Å². The highest BCUT2D eigenvalue weighted by Gasteiger charge is 2.30. The van der Waals surface area contributed by atoms with E-state index in [-0.39, 0.29) is 12.0 Å². The molecule has 6 heteroatoms. The van der Waals surface area contributed by atoms with Crippen molar-refractivity contribution in [2.75, 3.05) is 19.7 Å². The number of aromatic nitrogens is 2. The van der Waals surface area contributed by atoms with Gasteiger partial charge in [-0.1, -0.05) is 6.07 Å². The van der Waals surface area contributed by atoms with E-state index in [1.54, 1.807) is 23.6 Å². The molecule has 1 unspecified atom stereocenters. The maximum atomic E-state index is 12.7. The number of morpholine rings is 1. The lowest BCUT2D eigenvalue weighted by atomic mass is 10.2. The van der Waals surface area contributed by atoms with Crippen molar-refractivity contribution < 1.29 is 9.53 Å². The predicted molar refractivity (Wildman–Crippen MR) is 82.9 cm³/mol. The molecule has 0 aromatic carbocycles. The van der Waals surface area contributed by atoms with E-state index in [9.17, 15) is 4.79 Å². The van der Waals surface area contributed by atoms with Gasteiger partial charge in [0.25, 0.3) is 5.91 Å². The van der Waals surface area contributed by atoms with Gasteiger partial charge in [0, 0.05) is 23.5 Å². The van der Waals surface area contributed by atoms with E-state index in [0.29, 0.717) is 31.3 Å².